The number of aliphatic hydroxyl groups is 1. The molecule has 5 nitrogen and oxygen atoms in total. The highest BCUT2D eigenvalue weighted by atomic mass is 16.3. The van der Waals surface area contributed by atoms with Gasteiger partial charge in [0.2, 0.25) is 0 Å². The van der Waals surface area contributed by atoms with Crippen LogP contribution < -0.4 is 0 Å². The molecular weight excluding hydrogens is 204 g/mol. The van der Waals surface area contributed by atoms with Crippen LogP contribution in [0.4, 0.5) is 0 Å². The zero-order chi connectivity index (χ0) is 11.4. The third-order valence-electron chi connectivity index (χ3n) is 2.36. The molecule has 0 fully saturated rings. The summed E-state index contributed by atoms with van der Waals surface area (Å²) in [7, 11) is 0. The summed E-state index contributed by atoms with van der Waals surface area (Å²) in [6.07, 6.45) is 5.16. The Kier molecular flexibility index (Phi) is 3.26. The van der Waals surface area contributed by atoms with Gasteiger partial charge in [-0.3, -0.25) is 4.98 Å². The van der Waals surface area contributed by atoms with Gasteiger partial charge in [-0.05, 0) is 12.5 Å². The average Bonchev–Trinajstić information content (AvgIpc) is 2.78. The molecule has 0 aliphatic carbocycles. The second kappa shape index (κ2) is 4.85. The molecule has 0 amide bonds. The molecule has 1 N–H and O–H groups in total. The molecule has 0 bridgehead atoms. The first kappa shape index (κ1) is 10.8. The molecule has 1 unspecified atom stereocenters. The summed E-state index contributed by atoms with van der Waals surface area (Å²) >= 11 is 0. The molecule has 0 radical (unpaired) electrons. The number of aliphatic hydroxyl groups excluding tert-OH is 1. The lowest BCUT2D eigenvalue weighted by Gasteiger charge is -2.11. The van der Waals surface area contributed by atoms with E-state index in [1.54, 1.807) is 29.3 Å². The number of nitrogens with zero attached hydrogens (tertiary/aromatic N) is 4. The van der Waals surface area contributed by atoms with Crippen molar-refractivity contribution >= 4 is 0 Å². The van der Waals surface area contributed by atoms with Crippen LogP contribution in [0.2, 0.25) is 0 Å². The summed E-state index contributed by atoms with van der Waals surface area (Å²) in [5.74, 6) is 0. The van der Waals surface area contributed by atoms with E-state index < -0.39 is 6.10 Å². The quantitative estimate of drug-likeness (QED) is 0.836. The van der Waals surface area contributed by atoms with Crippen LogP contribution in [0, 0.1) is 0 Å². The predicted molar refractivity (Wildman–Crippen MR) is 58.6 cm³/mol. The van der Waals surface area contributed by atoms with E-state index in [1.807, 2.05) is 6.07 Å². The molecule has 84 valence electrons. The van der Waals surface area contributed by atoms with Gasteiger partial charge in [0.25, 0.3) is 0 Å². The Morgan fingerprint density at radius 3 is 3.00 bits per heavy atom. The summed E-state index contributed by atoms with van der Waals surface area (Å²) in [6.45, 7) is 2.81. The van der Waals surface area contributed by atoms with Crippen molar-refractivity contribution in [2.45, 2.75) is 26.0 Å². The molecule has 0 spiro atoms. The fourth-order valence-corrected chi connectivity index (χ4v) is 1.57. The Morgan fingerprint density at radius 1 is 1.44 bits per heavy atom. The summed E-state index contributed by atoms with van der Waals surface area (Å²) < 4.78 is 1.72. The van der Waals surface area contributed by atoms with Gasteiger partial charge in [-0.2, -0.15) is 0 Å². The molecule has 2 heterocycles. The van der Waals surface area contributed by atoms with Crippen LogP contribution in [0.3, 0.4) is 0 Å². The lowest BCUT2D eigenvalue weighted by atomic mass is 10.1. The van der Waals surface area contributed by atoms with E-state index >= 15 is 0 Å². The number of rotatable bonds is 4. The molecule has 2 aromatic heterocycles. The maximum atomic E-state index is 10.1. The number of aryl methyl sites for hydroxylation is 1. The van der Waals surface area contributed by atoms with Crippen molar-refractivity contribution in [2.75, 3.05) is 0 Å². The normalized spacial score (nSPS) is 12.6. The van der Waals surface area contributed by atoms with Gasteiger partial charge in [-0.1, -0.05) is 18.2 Å². The van der Waals surface area contributed by atoms with Gasteiger partial charge in [0.15, 0.2) is 0 Å². The fourth-order valence-electron chi connectivity index (χ4n) is 1.57. The van der Waals surface area contributed by atoms with Crippen molar-refractivity contribution in [3.05, 3.63) is 42.0 Å². The molecule has 2 aromatic rings. The van der Waals surface area contributed by atoms with Crippen LogP contribution in [0.1, 0.15) is 30.7 Å². The van der Waals surface area contributed by atoms with E-state index in [2.05, 4.69) is 22.2 Å². The van der Waals surface area contributed by atoms with Crippen molar-refractivity contribution in [1.82, 2.24) is 20.0 Å². The number of hydrogen-bond acceptors (Lipinski definition) is 4. The molecule has 0 saturated heterocycles. The summed E-state index contributed by atoms with van der Waals surface area (Å²) in [4.78, 5) is 3.98. The second-order valence-corrected chi connectivity index (χ2v) is 3.57. The maximum Gasteiger partial charge on any atom is 0.124 e. The van der Waals surface area contributed by atoms with Crippen LogP contribution in [0.15, 0.2) is 30.7 Å². The highest BCUT2D eigenvalue weighted by Crippen LogP contribution is 2.19. The van der Waals surface area contributed by atoms with Crippen LogP contribution in [0.5, 0.6) is 0 Å². The van der Waals surface area contributed by atoms with E-state index in [-0.39, 0.29) is 0 Å². The first-order valence-corrected chi connectivity index (χ1v) is 5.29. The van der Waals surface area contributed by atoms with Crippen LogP contribution in [-0.4, -0.2) is 25.1 Å². The molecule has 0 aromatic carbocycles. The van der Waals surface area contributed by atoms with Gasteiger partial charge in [0.05, 0.1) is 11.9 Å². The molecule has 16 heavy (non-hydrogen) atoms. The standard InChI is InChI=1S/C11H14N4O/c1-2-6-15-10(8-13-14-15)11(16)9-4-3-5-12-7-9/h3-5,7-8,11,16H,2,6H2,1H3. The Bertz CT molecular complexity index is 440. The molecule has 2 rings (SSSR count). The fraction of sp³-hybridized carbons (Fsp3) is 0.364. The van der Waals surface area contributed by atoms with Crippen LogP contribution in [-0.2, 0) is 6.54 Å². The lowest BCUT2D eigenvalue weighted by Crippen LogP contribution is -2.10. The summed E-state index contributed by atoms with van der Waals surface area (Å²) in [5.41, 5.74) is 1.46. The minimum absolute atomic E-state index is 0.704. The first-order chi connectivity index (χ1) is 7.83. The summed E-state index contributed by atoms with van der Waals surface area (Å²) in [6, 6.07) is 3.63. The highest BCUT2D eigenvalue weighted by molar-refractivity contribution is 5.20. The van der Waals surface area contributed by atoms with Crippen molar-refractivity contribution in [1.29, 1.82) is 0 Å². The lowest BCUT2D eigenvalue weighted by molar-refractivity contribution is 0.207. The zero-order valence-corrected chi connectivity index (χ0v) is 9.11. The van der Waals surface area contributed by atoms with Gasteiger partial charge < -0.3 is 5.11 Å². The SMILES string of the molecule is CCCn1nncc1C(O)c1cccnc1. The first-order valence-electron chi connectivity index (χ1n) is 5.29. The molecule has 1 atom stereocenters. The van der Waals surface area contributed by atoms with E-state index in [9.17, 15) is 5.11 Å². The largest absolute Gasteiger partial charge is 0.382 e. The second-order valence-electron chi connectivity index (χ2n) is 3.57. The van der Waals surface area contributed by atoms with Gasteiger partial charge in [-0.25, -0.2) is 4.68 Å². The van der Waals surface area contributed by atoms with Gasteiger partial charge >= 0.3 is 0 Å². The van der Waals surface area contributed by atoms with Gasteiger partial charge in [0, 0.05) is 24.5 Å². The third-order valence-corrected chi connectivity index (χ3v) is 2.36. The van der Waals surface area contributed by atoms with Crippen LogP contribution in [0.25, 0.3) is 0 Å². The topological polar surface area (TPSA) is 63.8 Å². The van der Waals surface area contributed by atoms with E-state index in [0.717, 1.165) is 18.5 Å². The van der Waals surface area contributed by atoms with Crippen molar-refractivity contribution in [3.8, 4) is 0 Å². The number of pyridine rings is 1. The smallest absolute Gasteiger partial charge is 0.124 e. The third kappa shape index (κ3) is 2.09. The Labute approximate surface area is 93.8 Å². The number of hydrogen-bond donors (Lipinski definition) is 1. The summed E-state index contributed by atoms with van der Waals surface area (Å²) in [5, 5.41) is 17.9. The predicted octanol–water partition coefficient (Wildman–Crippen LogP) is 1.16. The van der Waals surface area contributed by atoms with Crippen LogP contribution >= 0.6 is 0 Å². The van der Waals surface area contributed by atoms with Gasteiger partial charge in [0.1, 0.15) is 6.10 Å². The molecule has 0 saturated carbocycles. The molecule has 0 aliphatic heterocycles. The van der Waals surface area contributed by atoms with E-state index in [0.29, 0.717) is 5.69 Å². The van der Waals surface area contributed by atoms with E-state index in [1.165, 1.54) is 0 Å². The molecule has 0 aliphatic rings. The average molecular weight is 218 g/mol. The Morgan fingerprint density at radius 2 is 2.31 bits per heavy atom. The van der Waals surface area contributed by atoms with Crippen molar-refractivity contribution in [2.24, 2.45) is 0 Å². The Hall–Kier alpha value is -1.75. The maximum absolute atomic E-state index is 10.1. The van der Waals surface area contributed by atoms with Crippen molar-refractivity contribution in [3.63, 3.8) is 0 Å². The monoisotopic (exact) mass is 218 g/mol. The van der Waals surface area contributed by atoms with Gasteiger partial charge in [-0.15, -0.1) is 5.10 Å². The molecule has 5 heteroatoms. The number of aromatic nitrogens is 4. The van der Waals surface area contributed by atoms with Crippen molar-refractivity contribution < 1.29 is 5.11 Å². The molecular formula is C11H14N4O. The van der Waals surface area contributed by atoms with E-state index in [4.69, 9.17) is 0 Å². The minimum Gasteiger partial charge on any atom is -0.382 e. The minimum atomic E-state index is -0.713. The highest BCUT2D eigenvalue weighted by Gasteiger charge is 2.15. The Balaban J connectivity index is 2.27. The zero-order valence-electron chi connectivity index (χ0n) is 9.11.